The molecular formula is C13H20N2O2S. The summed E-state index contributed by atoms with van der Waals surface area (Å²) in [5.41, 5.74) is 3.75. The molecule has 2 rings (SSSR count). The highest BCUT2D eigenvalue weighted by Gasteiger charge is 2.23. The first kappa shape index (κ1) is 13.4. The van der Waals surface area contributed by atoms with Crippen LogP contribution in [0.15, 0.2) is 18.2 Å². The number of benzene rings is 1. The molecule has 0 aromatic heterocycles. The lowest BCUT2D eigenvalue weighted by molar-refractivity contribution is 0.388. The summed E-state index contributed by atoms with van der Waals surface area (Å²) in [4.78, 5) is 2.24. The number of anilines is 1. The fourth-order valence-electron chi connectivity index (χ4n) is 2.20. The SMILES string of the molecule is Cc1ccc(N2CCN(S(C)(=O)=O)CC2)cc1C. The maximum atomic E-state index is 11.4. The molecule has 4 nitrogen and oxygen atoms in total. The van der Waals surface area contributed by atoms with Crippen molar-refractivity contribution < 1.29 is 8.42 Å². The molecular weight excluding hydrogens is 248 g/mol. The van der Waals surface area contributed by atoms with Gasteiger partial charge in [-0.25, -0.2) is 8.42 Å². The zero-order valence-corrected chi connectivity index (χ0v) is 12.0. The molecule has 0 radical (unpaired) electrons. The van der Waals surface area contributed by atoms with Gasteiger partial charge in [0, 0.05) is 31.9 Å². The lowest BCUT2D eigenvalue weighted by Gasteiger charge is -2.35. The highest BCUT2D eigenvalue weighted by Crippen LogP contribution is 2.20. The van der Waals surface area contributed by atoms with E-state index in [1.807, 2.05) is 0 Å². The molecule has 0 saturated carbocycles. The Hall–Kier alpha value is -1.07. The molecule has 1 saturated heterocycles. The van der Waals surface area contributed by atoms with Crippen molar-refractivity contribution in [2.75, 3.05) is 37.3 Å². The summed E-state index contributed by atoms with van der Waals surface area (Å²) in [5, 5.41) is 0. The summed E-state index contributed by atoms with van der Waals surface area (Å²) in [6, 6.07) is 6.40. The van der Waals surface area contributed by atoms with Crippen LogP contribution in [0.2, 0.25) is 0 Å². The normalized spacial score (nSPS) is 18.1. The van der Waals surface area contributed by atoms with Crippen molar-refractivity contribution in [3.8, 4) is 0 Å². The van der Waals surface area contributed by atoms with Crippen LogP contribution in [-0.2, 0) is 10.0 Å². The van der Waals surface area contributed by atoms with E-state index < -0.39 is 10.0 Å². The Bertz CT molecular complexity index is 532. The highest BCUT2D eigenvalue weighted by atomic mass is 32.2. The van der Waals surface area contributed by atoms with Crippen molar-refractivity contribution in [3.63, 3.8) is 0 Å². The van der Waals surface area contributed by atoms with Gasteiger partial charge in [-0.05, 0) is 37.1 Å². The van der Waals surface area contributed by atoms with Gasteiger partial charge < -0.3 is 4.90 Å². The van der Waals surface area contributed by atoms with E-state index in [9.17, 15) is 8.42 Å². The highest BCUT2D eigenvalue weighted by molar-refractivity contribution is 7.88. The second-order valence-electron chi connectivity index (χ2n) is 4.92. The maximum Gasteiger partial charge on any atom is 0.211 e. The van der Waals surface area contributed by atoms with E-state index in [0.717, 1.165) is 13.1 Å². The molecule has 0 atom stereocenters. The Balaban J connectivity index is 2.08. The van der Waals surface area contributed by atoms with Crippen LogP contribution >= 0.6 is 0 Å². The van der Waals surface area contributed by atoms with Gasteiger partial charge in [0.05, 0.1) is 6.26 Å². The van der Waals surface area contributed by atoms with Gasteiger partial charge in [0.1, 0.15) is 0 Å². The monoisotopic (exact) mass is 268 g/mol. The van der Waals surface area contributed by atoms with Gasteiger partial charge in [-0.2, -0.15) is 4.31 Å². The first-order valence-electron chi connectivity index (χ1n) is 6.15. The molecule has 1 aromatic rings. The Morgan fingerprint density at radius 3 is 2.11 bits per heavy atom. The molecule has 100 valence electrons. The van der Waals surface area contributed by atoms with E-state index in [1.54, 1.807) is 4.31 Å². The van der Waals surface area contributed by atoms with Crippen LogP contribution in [0.25, 0.3) is 0 Å². The first-order chi connectivity index (χ1) is 8.38. The Labute approximate surface area is 109 Å². The molecule has 1 fully saturated rings. The van der Waals surface area contributed by atoms with E-state index >= 15 is 0 Å². The van der Waals surface area contributed by atoms with Crippen LogP contribution in [0.1, 0.15) is 11.1 Å². The van der Waals surface area contributed by atoms with Crippen molar-refractivity contribution in [1.82, 2.24) is 4.31 Å². The number of hydrogen-bond acceptors (Lipinski definition) is 3. The third-order valence-corrected chi connectivity index (χ3v) is 4.87. The Morgan fingerprint density at radius 1 is 1.00 bits per heavy atom. The van der Waals surface area contributed by atoms with E-state index in [0.29, 0.717) is 13.1 Å². The number of sulfonamides is 1. The molecule has 0 unspecified atom stereocenters. The van der Waals surface area contributed by atoms with E-state index in [2.05, 4.69) is 36.9 Å². The third-order valence-electron chi connectivity index (χ3n) is 3.56. The molecule has 1 aliphatic rings. The minimum atomic E-state index is -3.04. The minimum Gasteiger partial charge on any atom is -0.369 e. The molecule has 0 N–H and O–H groups in total. The lowest BCUT2D eigenvalue weighted by atomic mass is 10.1. The fourth-order valence-corrected chi connectivity index (χ4v) is 3.03. The zero-order chi connectivity index (χ0) is 13.3. The smallest absolute Gasteiger partial charge is 0.211 e. The molecule has 0 bridgehead atoms. The average Bonchev–Trinajstić information content (AvgIpc) is 2.32. The fraction of sp³-hybridized carbons (Fsp3) is 0.538. The maximum absolute atomic E-state index is 11.4. The second kappa shape index (κ2) is 4.90. The Kier molecular flexibility index (Phi) is 3.64. The third kappa shape index (κ3) is 2.84. The number of nitrogens with zero attached hydrogens (tertiary/aromatic N) is 2. The molecule has 0 amide bonds. The molecule has 1 aliphatic heterocycles. The predicted octanol–water partition coefficient (Wildman–Crippen LogP) is 1.39. The van der Waals surface area contributed by atoms with Gasteiger partial charge in [0.15, 0.2) is 0 Å². The molecule has 5 heteroatoms. The van der Waals surface area contributed by atoms with Crippen LogP contribution in [0, 0.1) is 13.8 Å². The number of aryl methyl sites for hydroxylation is 2. The molecule has 18 heavy (non-hydrogen) atoms. The van der Waals surface area contributed by atoms with E-state index in [4.69, 9.17) is 0 Å². The van der Waals surface area contributed by atoms with Crippen LogP contribution in [0.5, 0.6) is 0 Å². The summed E-state index contributed by atoms with van der Waals surface area (Å²) in [7, 11) is -3.04. The topological polar surface area (TPSA) is 40.6 Å². The predicted molar refractivity (Wildman–Crippen MR) is 74.5 cm³/mol. The molecule has 1 aromatic carbocycles. The summed E-state index contributed by atoms with van der Waals surface area (Å²) in [6.45, 7) is 6.87. The quantitative estimate of drug-likeness (QED) is 0.814. The van der Waals surface area contributed by atoms with Gasteiger partial charge in [0.25, 0.3) is 0 Å². The second-order valence-corrected chi connectivity index (χ2v) is 6.90. The van der Waals surface area contributed by atoms with Gasteiger partial charge in [-0.3, -0.25) is 0 Å². The molecule has 0 spiro atoms. The lowest BCUT2D eigenvalue weighted by Crippen LogP contribution is -2.48. The van der Waals surface area contributed by atoms with Crippen molar-refractivity contribution in [2.24, 2.45) is 0 Å². The van der Waals surface area contributed by atoms with Crippen molar-refractivity contribution in [1.29, 1.82) is 0 Å². The van der Waals surface area contributed by atoms with Crippen molar-refractivity contribution in [3.05, 3.63) is 29.3 Å². The van der Waals surface area contributed by atoms with Crippen LogP contribution < -0.4 is 4.90 Å². The van der Waals surface area contributed by atoms with Gasteiger partial charge in [0.2, 0.25) is 10.0 Å². The molecule has 0 aliphatic carbocycles. The standard InChI is InChI=1S/C13H20N2O2S/c1-11-4-5-13(10-12(11)2)14-6-8-15(9-7-14)18(3,16)17/h4-5,10H,6-9H2,1-3H3. The van der Waals surface area contributed by atoms with Gasteiger partial charge in [-0.1, -0.05) is 6.07 Å². The summed E-state index contributed by atoms with van der Waals surface area (Å²) in [6.07, 6.45) is 1.28. The van der Waals surface area contributed by atoms with Crippen molar-refractivity contribution in [2.45, 2.75) is 13.8 Å². The number of hydrogen-bond donors (Lipinski definition) is 0. The minimum absolute atomic E-state index is 0.575. The van der Waals surface area contributed by atoms with Crippen LogP contribution in [0.4, 0.5) is 5.69 Å². The molecule has 1 heterocycles. The Morgan fingerprint density at radius 2 is 1.61 bits per heavy atom. The number of piperazine rings is 1. The summed E-state index contributed by atoms with van der Waals surface area (Å²) >= 11 is 0. The van der Waals surface area contributed by atoms with Crippen molar-refractivity contribution >= 4 is 15.7 Å². The van der Waals surface area contributed by atoms with E-state index in [-0.39, 0.29) is 0 Å². The summed E-state index contributed by atoms with van der Waals surface area (Å²) in [5.74, 6) is 0. The van der Waals surface area contributed by atoms with Crippen LogP contribution in [0.3, 0.4) is 0 Å². The van der Waals surface area contributed by atoms with Crippen LogP contribution in [-0.4, -0.2) is 45.2 Å². The van der Waals surface area contributed by atoms with E-state index in [1.165, 1.54) is 23.1 Å². The van der Waals surface area contributed by atoms with Gasteiger partial charge in [-0.15, -0.1) is 0 Å². The largest absolute Gasteiger partial charge is 0.369 e. The summed E-state index contributed by atoms with van der Waals surface area (Å²) < 4.78 is 24.4. The zero-order valence-electron chi connectivity index (χ0n) is 11.2. The first-order valence-corrected chi connectivity index (χ1v) is 8.00. The number of rotatable bonds is 2. The average molecular weight is 268 g/mol. The van der Waals surface area contributed by atoms with Gasteiger partial charge >= 0.3 is 0 Å².